The molecule has 0 rings (SSSR count). The molecule has 0 bridgehead atoms. The first-order valence-corrected chi connectivity index (χ1v) is 44.0. The number of aliphatic hydroxyl groups excluding tert-OH is 1. The number of rotatable bonds is 78. The number of carbonyl (C=O) groups excluding carboxylic acids is 4. The molecule has 0 radical (unpaired) electrons. The second-order valence-electron chi connectivity index (χ2n) is 29.2. The average molecular weight is 1440 g/mol. The molecule has 0 heterocycles. The number of unbranched alkanes of at least 4 members (excludes halogenated alkanes) is 47. The highest BCUT2D eigenvalue weighted by molar-refractivity contribution is 7.47. The van der Waals surface area contributed by atoms with Crippen molar-refractivity contribution in [2.75, 3.05) is 39.6 Å². The first-order valence-electron chi connectivity index (χ1n) is 41.0. The maximum absolute atomic E-state index is 13.1. The number of phosphoric acid groups is 2. The summed E-state index contributed by atoms with van der Waals surface area (Å²) in [5, 5.41) is 10.6. The molecule has 98 heavy (non-hydrogen) atoms. The van der Waals surface area contributed by atoms with E-state index in [-0.39, 0.29) is 25.7 Å². The fourth-order valence-electron chi connectivity index (χ4n) is 12.2. The molecule has 0 aromatic carbocycles. The fraction of sp³-hybridized carbons (Fsp3) is 0.949. The highest BCUT2D eigenvalue weighted by Crippen LogP contribution is 2.45. The maximum Gasteiger partial charge on any atom is 0.472 e. The zero-order chi connectivity index (χ0) is 72.1. The van der Waals surface area contributed by atoms with Gasteiger partial charge in [-0.1, -0.05) is 363 Å². The summed E-state index contributed by atoms with van der Waals surface area (Å²) in [4.78, 5) is 73.0. The van der Waals surface area contributed by atoms with Crippen molar-refractivity contribution in [3.63, 3.8) is 0 Å². The van der Waals surface area contributed by atoms with Crippen LogP contribution in [0.2, 0.25) is 0 Å². The van der Waals surface area contributed by atoms with E-state index in [4.69, 9.17) is 37.0 Å². The highest BCUT2D eigenvalue weighted by Gasteiger charge is 2.30. The van der Waals surface area contributed by atoms with E-state index in [9.17, 15) is 43.2 Å². The van der Waals surface area contributed by atoms with Gasteiger partial charge in [0.05, 0.1) is 26.4 Å². The maximum atomic E-state index is 13.1. The Hall–Kier alpha value is -1.94. The van der Waals surface area contributed by atoms with Crippen molar-refractivity contribution in [1.29, 1.82) is 0 Å². The van der Waals surface area contributed by atoms with Crippen LogP contribution in [0.3, 0.4) is 0 Å². The smallest absolute Gasteiger partial charge is 0.462 e. The Bertz CT molecular complexity index is 1890. The molecular weight excluding hydrogens is 1280 g/mol. The molecule has 0 aromatic heterocycles. The van der Waals surface area contributed by atoms with Gasteiger partial charge in [0.2, 0.25) is 0 Å². The quantitative estimate of drug-likeness (QED) is 0.0222. The molecule has 0 saturated heterocycles. The first kappa shape index (κ1) is 96.1. The summed E-state index contributed by atoms with van der Waals surface area (Å²) in [6, 6.07) is 0. The number of esters is 4. The van der Waals surface area contributed by atoms with E-state index in [2.05, 4.69) is 41.5 Å². The molecule has 0 saturated carbocycles. The number of aliphatic hydroxyl groups is 1. The van der Waals surface area contributed by atoms with Gasteiger partial charge in [-0.2, -0.15) is 0 Å². The predicted molar refractivity (Wildman–Crippen MR) is 400 cm³/mol. The molecule has 19 heteroatoms. The molecule has 582 valence electrons. The summed E-state index contributed by atoms with van der Waals surface area (Å²) < 4.78 is 68.7. The minimum absolute atomic E-state index is 0.106. The Morgan fingerprint density at radius 3 is 0.776 bits per heavy atom. The largest absolute Gasteiger partial charge is 0.472 e. The van der Waals surface area contributed by atoms with Crippen LogP contribution < -0.4 is 0 Å². The lowest BCUT2D eigenvalue weighted by Crippen LogP contribution is -2.30. The lowest BCUT2D eigenvalue weighted by atomic mass is 9.99. The molecule has 0 aromatic rings. The molecule has 0 aliphatic carbocycles. The van der Waals surface area contributed by atoms with Crippen LogP contribution in [-0.2, 0) is 65.4 Å². The Morgan fingerprint density at radius 2 is 0.520 bits per heavy atom. The van der Waals surface area contributed by atoms with Gasteiger partial charge in [0.1, 0.15) is 19.3 Å². The third-order valence-corrected chi connectivity index (χ3v) is 20.7. The monoisotopic (exact) mass is 1440 g/mol. The number of carbonyl (C=O) groups is 4. The SMILES string of the molecule is CCCCCCCCCCCCCCCCCCCCC(=O)O[C@H](COC(=O)CCCCCCCCCCCCCCCC(C)C)COP(=O)(O)OC[C@@H](O)COP(=O)(O)OC[C@@H](COC(=O)CCCCCCCCCCCCCC)OC(=O)CCCCCCCCCCC(C)CC. The second-order valence-corrected chi connectivity index (χ2v) is 32.1. The van der Waals surface area contributed by atoms with Gasteiger partial charge < -0.3 is 33.8 Å². The van der Waals surface area contributed by atoms with E-state index in [1.54, 1.807) is 0 Å². The minimum Gasteiger partial charge on any atom is -0.462 e. The average Bonchev–Trinajstić information content (AvgIpc) is 1.64. The Labute approximate surface area is 600 Å². The van der Waals surface area contributed by atoms with Gasteiger partial charge in [-0.15, -0.1) is 0 Å². The third-order valence-electron chi connectivity index (χ3n) is 18.8. The lowest BCUT2D eigenvalue weighted by molar-refractivity contribution is -0.161. The van der Waals surface area contributed by atoms with E-state index in [1.165, 1.54) is 231 Å². The number of hydrogen-bond donors (Lipinski definition) is 3. The van der Waals surface area contributed by atoms with E-state index < -0.39 is 97.5 Å². The van der Waals surface area contributed by atoms with Crippen LogP contribution in [0.4, 0.5) is 0 Å². The van der Waals surface area contributed by atoms with Gasteiger partial charge in [0, 0.05) is 25.7 Å². The highest BCUT2D eigenvalue weighted by atomic mass is 31.2. The zero-order valence-electron chi connectivity index (χ0n) is 64.1. The van der Waals surface area contributed by atoms with Crippen LogP contribution >= 0.6 is 15.6 Å². The Morgan fingerprint density at radius 1 is 0.296 bits per heavy atom. The van der Waals surface area contributed by atoms with Gasteiger partial charge in [-0.3, -0.25) is 37.3 Å². The predicted octanol–water partition coefficient (Wildman–Crippen LogP) is 23.5. The van der Waals surface area contributed by atoms with E-state index in [0.717, 1.165) is 102 Å². The Kier molecular flexibility index (Phi) is 69.3. The third kappa shape index (κ3) is 71.1. The summed E-state index contributed by atoms with van der Waals surface area (Å²) >= 11 is 0. The van der Waals surface area contributed by atoms with E-state index >= 15 is 0 Å². The van der Waals surface area contributed by atoms with Gasteiger partial charge in [0.15, 0.2) is 12.2 Å². The summed E-state index contributed by atoms with van der Waals surface area (Å²) in [7, 11) is -9.92. The van der Waals surface area contributed by atoms with E-state index in [0.29, 0.717) is 25.7 Å². The number of phosphoric ester groups is 2. The van der Waals surface area contributed by atoms with Crippen LogP contribution in [0.1, 0.15) is 414 Å². The molecular formula is C79H154O17P2. The topological polar surface area (TPSA) is 237 Å². The molecule has 17 nitrogen and oxygen atoms in total. The molecule has 0 aliphatic rings. The summed E-state index contributed by atoms with van der Waals surface area (Å²) in [6.07, 6.45) is 59.5. The van der Waals surface area contributed by atoms with Crippen LogP contribution in [0.5, 0.6) is 0 Å². The van der Waals surface area contributed by atoms with Crippen molar-refractivity contribution in [2.24, 2.45) is 11.8 Å². The summed E-state index contributed by atoms with van der Waals surface area (Å²) in [5.41, 5.74) is 0. The minimum atomic E-state index is -4.96. The molecule has 0 spiro atoms. The van der Waals surface area contributed by atoms with E-state index in [1.807, 2.05) is 0 Å². The van der Waals surface area contributed by atoms with Crippen molar-refractivity contribution in [3.05, 3.63) is 0 Å². The normalized spacial score (nSPS) is 14.2. The first-order chi connectivity index (χ1) is 47.4. The molecule has 0 amide bonds. The van der Waals surface area contributed by atoms with Crippen molar-refractivity contribution in [2.45, 2.75) is 432 Å². The Balaban J connectivity index is 5.25. The molecule has 0 fully saturated rings. The summed E-state index contributed by atoms with van der Waals surface area (Å²) in [5.74, 6) is -0.550. The molecule has 0 aliphatic heterocycles. The van der Waals surface area contributed by atoms with Crippen LogP contribution in [0.25, 0.3) is 0 Å². The van der Waals surface area contributed by atoms with Crippen molar-refractivity contribution in [3.8, 4) is 0 Å². The fourth-order valence-corrected chi connectivity index (χ4v) is 13.7. The molecule has 6 atom stereocenters. The summed E-state index contributed by atoms with van der Waals surface area (Å²) in [6.45, 7) is 9.64. The van der Waals surface area contributed by atoms with Gasteiger partial charge in [0.25, 0.3) is 0 Å². The van der Waals surface area contributed by atoms with Gasteiger partial charge in [-0.25, -0.2) is 9.13 Å². The molecule has 3 unspecified atom stereocenters. The van der Waals surface area contributed by atoms with Crippen LogP contribution in [0, 0.1) is 11.8 Å². The number of hydrogen-bond acceptors (Lipinski definition) is 15. The lowest BCUT2D eigenvalue weighted by Gasteiger charge is -2.21. The zero-order valence-corrected chi connectivity index (χ0v) is 65.9. The number of ether oxygens (including phenoxy) is 4. The van der Waals surface area contributed by atoms with Crippen molar-refractivity contribution in [1.82, 2.24) is 0 Å². The van der Waals surface area contributed by atoms with Gasteiger partial charge in [-0.05, 0) is 37.5 Å². The second kappa shape index (κ2) is 70.7. The van der Waals surface area contributed by atoms with Crippen LogP contribution in [0.15, 0.2) is 0 Å². The van der Waals surface area contributed by atoms with Crippen LogP contribution in [-0.4, -0.2) is 96.7 Å². The molecule has 3 N–H and O–H groups in total. The van der Waals surface area contributed by atoms with Gasteiger partial charge >= 0.3 is 39.5 Å². The van der Waals surface area contributed by atoms with Crippen molar-refractivity contribution < 1.29 is 80.2 Å². The standard InChI is InChI=1S/C79H154O17P2/c1-7-10-12-14-16-18-20-22-23-24-25-26-29-34-38-45-51-57-63-78(83)95-74(67-89-77(82)62-56-50-44-37-33-30-27-28-31-35-41-47-53-59-71(4)5)69-93-97(85,86)91-65-73(80)66-92-98(87,88)94-70-75(96-79(84)64-58-52-46-40-39-42-48-54-60-72(6)9-3)68-90-76(81)61-55-49-43-36-32-21-19-17-15-13-11-8-2/h71-75,80H,7-70H2,1-6H3,(H,85,86)(H,87,88)/t72?,73-,74-,75-/m1/s1. The van der Waals surface area contributed by atoms with Crippen molar-refractivity contribution >= 4 is 39.5 Å².